The van der Waals surface area contributed by atoms with E-state index in [1.54, 1.807) is 32.9 Å². The van der Waals surface area contributed by atoms with Crippen molar-refractivity contribution in [2.45, 2.75) is 140 Å². The molecule has 6 N–H and O–H groups in total. The summed E-state index contributed by atoms with van der Waals surface area (Å²) in [5.41, 5.74) is -7.22. The third kappa shape index (κ3) is 7.94. The number of esters is 2. The molecule has 5 rings (SSSR count). The van der Waals surface area contributed by atoms with E-state index in [2.05, 4.69) is 5.32 Å². The number of carbonyl (C=O) groups is 4. The zero-order valence-electron chi connectivity index (χ0n) is 30.9. The van der Waals surface area contributed by atoms with E-state index in [0.717, 1.165) is 26.2 Å². The summed E-state index contributed by atoms with van der Waals surface area (Å²) in [6.45, 7) is 8.65. The number of aliphatic hydroxyl groups is 5. The molecule has 0 unspecified atom stereocenters. The second-order valence-corrected chi connectivity index (χ2v) is 15.6. The van der Waals surface area contributed by atoms with Gasteiger partial charge in [0.25, 0.3) is 0 Å². The summed E-state index contributed by atoms with van der Waals surface area (Å²) in [7, 11) is 0. The van der Waals surface area contributed by atoms with Crippen molar-refractivity contribution in [1.82, 2.24) is 5.32 Å². The molecule has 3 saturated carbocycles. The molecule has 5 aliphatic rings. The number of Topliss-reactive ketones (excluding diaryl/α,β-unsaturated/α-hetero) is 1. The van der Waals surface area contributed by atoms with Crippen LogP contribution < -0.4 is 5.32 Å². The van der Waals surface area contributed by atoms with Crippen molar-refractivity contribution in [3.8, 4) is 0 Å². The Morgan fingerprint density at radius 2 is 1.69 bits per heavy atom. The fourth-order valence-corrected chi connectivity index (χ4v) is 9.50. The fraction of sp³-hybridized carbons (Fsp3) is 0.778. The number of amides is 1. The van der Waals surface area contributed by atoms with Crippen LogP contribution in [0.3, 0.4) is 0 Å². The molecule has 4 aliphatic carbocycles. The molecule has 11 atom stereocenters. The smallest absolute Gasteiger partial charge is 0.407 e. The van der Waals surface area contributed by atoms with Gasteiger partial charge in [0.2, 0.25) is 0 Å². The molecule has 0 aromatic rings. The van der Waals surface area contributed by atoms with Crippen LogP contribution in [-0.4, -0.2) is 116 Å². The number of hydrogen-bond acceptors (Lipinski definition) is 13. The molecule has 16 heteroatoms. The maximum atomic E-state index is 14.4. The molecule has 52 heavy (non-hydrogen) atoms. The largest absolute Gasteiger partial charge is 0.459 e. The Hall–Kier alpha value is 0.00312. The molecule has 4 fully saturated rings. The summed E-state index contributed by atoms with van der Waals surface area (Å²) in [6.07, 6.45) is -3.26. The van der Waals surface area contributed by atoms with Gasteiger partial charge in [0, 0.05) is 119 Å². The van der Waals surface area contributed by atoms with Gasteiger partial charge in [0.05, 0.1) is 30.3 Å². The molecule has 2 bridgehead atoms. The van der Waals surface area contributed by atoms with Crippen molar-refractivity contribution in [1.29, 1.82) is 0 Å². The van der Waals surface area contributed by atoms with Gasteiger partial charge in [-0.15, -0.1) is 0 Å². The Bertz CT molecular complexity index is 1430. The molecular formula is C36H53Ac2NO13. The van der Waals surface area contributed by atoms with Gasteiger partial charge in [0.1, 0.15) is 36.1 Å². The third-order valence-corrected chi connectivity index (χ3v) is 12.5. The van der Waals surface area contributed by atoms with Crippen molar-refractivity contribution in [3.63, 3.8) is 0 Å². The quantitative estimate of drug-likeness (QED) is 0.115. The van der Waals surface area contributed by atoms with E-state index >= 15 is 0 Å². The van der Waals surface area contributed by atoms with Crippen LogP contribution in [0.1, 0.15) is 86.5 Å². The van der Waals surface area contributed by atoms with E-state index in [9.17, 15) is 44.7 Å². The summed E-state index contributed by atoms with van der Waals surface area (Å²) in [5, 5.41) is 62.3. The van der Waals surface area contributed by atoms with Crippen LogP contribution in [0, 0.1) is 111 Å². The van der Waals surface area contributed by atoms with Crippen molar-refractivity contribution in [2.24, 2.45) is 22.7 Å². The Morgan fingerprint density at radius 3 is 2.25 bits per heavy atom. The number of nitrogens with one attached hydrogen (secondary N) is 1. The van der Waals surface area contributed by atoms with Crippen molar-refractivity contribution in [2.75, 3.05) is 13.2 Å². The summed E-state index contributed by atoms with van der Waals surface area (Å²) >= 11 is 0. The molecule has 0 spiro atoms. The number of allylic oxidation sites excluding steroid dienone is 1. The number of alkyl carbamates (subject to hydrolysis) is 1. The van der Waals surface area contributed by atoms with Crippen LogP contribution >= 0.6 is 0 Å². The monoisotopic (exact) mass is 1160 g/mol. The van der Waals surface area contributed by atoms with Gasteiger partial charge in [0.15, 0.2) is 11.9 Å². The van der Waals surface area contributed by atoms with Gasteiger partial charge in [-0.2, -0.15) is 0 Å². The molecule has 1 saturated heterocycles. The maximum absolute atomic E-state index is 14.4. The predicted molar refractivity (Wildman–Crippen MR) is 175 cm³/mol. The summed E-state index contributed by atoms with van der Waals surface area (Å²) < 4.78 is 22.5. The molecule has 1 amide bonds. The van der Waals surface area contributed by atoms with E-state index in [4.69, 9.17) is 18.9 Å². The van der Waals surface area contributed by atoms with Crippen LogP contribution in [0.15, 0.2) is 23.3 Å². The predicted octanol–water partition coefficient (Wildman–Crippen LogP) is 1.38. The summed E-state index contributed by atoms with van der Waals surface area (Å²) in [5.74, 6) is -4.52. The van der Waals surface area contributed by atoms with Gasteiger partial charge < -0.3 is 49.8 Å². The number of aliphatic hydroxyl groups excluding tert-OH is 3. The van der Waals surface area contributed by atoms with Gasteiger partial charge in [-0.05, 0) is 50.7 Å². The first-order valence-corrected chi connectivity index (χ1v) is 17.6. The molecule has 286 valence electrons. The number of hydrogen-bond donors (Lipinski definition) is 6. The van der Waals surface area contributed by atoms with Crippen molar-refractivity contribution < 1.29 is 152 Å². The summed E-state index contributed by atoms with van der Waals surface area (Å²) in [4.78, 5) is 53.7. The Labute approximate surface area is 376 Å². The second-order valence-electron chi connectivity index (χ2n) is 15.6. The van der Waals surface area contributed by atoms with E-state index in [1.165, 1.54) is 13.8 Å². The average molecular weight is 1160 g/mol. The minimum absolute atomic E-state index is 0. The minimum atomic E-state index is -2.21. The number of fused-ring (bicyclic) bond motifs is 5. The van der Waals surface area contributed by atoms with E-state index < -0.39 is 101 Å². The topological polar surface area (TPSA) is 218 Å². The fourth-order valence-electron chi connectivity index (χ4n) is 9.50. The molecular weight excluding hydrogens is 1110 g/mol. The first kappa shape index (κ1) is 46.4. The number of rotatable bonds is 8. The normalized spacial score (nSPS) is 38.0. The number of carbonyl (C=O) groups excluding carboxylic acids is 4. The van der Waals surface area contributed by atoms with Crippen LogP contribution in [0.4, 0.5) is 4.79 Å². The average Bonchev–Trinajstić information content (AvgIpc) is 3.05. The standard InChI is InChI=1S/C36H53NO13.2Ac/c1-7-8-14-47-32(44)37-25(20-12-10-9-11-13-20)27(41)31(43)50-21-16-36(46)30(49-19(3)38)28-34(6,22(39)15-23-35(28,45)17-48-23)29(42)26(40)24(18(21)2)33(36,4)5;;/h7-8,20-23,25-28,30,39-41,45-46H,9-17H2,1-6H3,(H,37,44);;/b8-7+;;/t21-,22-,23+,25-,26+,27+,28-,30-,34+,35-,36+;;/m0../s1. The Balaban J connectivity index is 0.00000364. The number of ketones is 1. The first-order chi connectivity index (χ1) is 23.4. The van der Waals surface area contributed by atoms with Gasteiger partial charge in [-0.1, -0.05) is 45.3 Å². The number of ether oxygens (including phenoxy) is 4. The van der Waals surface area contributed by atoms with Crippen LogP contribution in [-0.2, 0) is 33.3 Å². The molecule has 1 heterocycles. The van der Waals surface area contributed by atoms with Crippen LogP contribution in [0.2, 0.25) is 0 Å². The Kier molecular flexibility index (Phi) is 15.7. The zero-order chi connectivity index (χ0) is 37.0. The first-order valence-electron chi connectivity index (χ1n) is 17.6. The molecule has 1 aliphatic heterocycles. The van der Waals surface area contributed by atoms with Gasteiger partial charge in [-0.25, -0.2) is 9.59 Å². The van der Waals surface area contributed by atoms with Crippen LogP contribution in [0.25, 0.3) is 0 Å². The van der Waals surface area contributed by atoms with E-state index in [0.29, 0.717) is 12.8 Å². The maximum Gasteiger partial charge on any atom is 0.407 e. The molecule has 0 aromatic heterocycles. The third-order valence-electron chi connectivity index (χ3n) is 12.5. The van der Waals surface area contributed by atoms with Gasteiger partial charge >= 0.3 is 18.0 Å². The molecule has 0 aromatic carbocycles. The second kappa shape index (κ2) is 17.6. The zero-order valence-corrected chi connectivity index (χ0v) is 40.4. The SMILES string of the molecule is C/C=C/COC(=O)N[C@@H](C1CCCCC1)[C@@H](O)C(=O)O[C@H]1C[C@@]2(O)[C@@H](OC(C)=O)[C@@H]3[C@]4(O)CO[C@@H]4C[C@H](O)[C@@]3(C)C(=O)[C@H](O)C(=C1C)C2(C)C.[Ac].[Ac]. The van der Waals surface area contributed by atoms with Crippen LogP contribution in [0.5, 0.6) is 0 Å². The molecule has 2 radical (unpaired) electrons. The van der Waals surface area contributed by atoms with Gasteiger partial charge in [-0.3, -0.25) is 9.59 Å². The molecule has 14 nitrogen and oxygen atoms in total. The summed E-state index contributed by atoms with van der Waals surface area (Å²) in [6, 6.07) is -1.06. The van der Waals surface area contributed by atoms with Crippen molar-refractivity contribution in [3.05, 3.63) is 23.3 Å². The van der Waals surface area contributed by atoms with E-state index in [1.807, 2.05) is 0 Å². The van der Waals surface area contributed by atoms with E-state index in [-0.39, 0.29) is 125 Å². The minimum Gasteiger partial charge on any atom is -0.459 e. The Morgan fingerprint density at radius 1 is 1.06 bits per heavy atom. The van der Waals surface area contributed by atoms with Crippen molar-refractivity contribution >= 4 is 23.8 Å².